The summed E-state index contributed by atoms with van der Waals surface area (Å²) in [7, 11) is 0. The molecule has 1 heterocycles. The number of aryl methyl sites for hydroxylation is 1. The number of hydrogen-bond donors (Lipinski definition) is 1. The first kappa shape index (κ1) is 26.8. The first-order chi connectivity index (χ1) is 16.9. The molecule has 0 amide bonds. The van der Waals surface area contributed by atoms with Gasteiger partial charge in [0.15, 0.2) is 0 Å². The van der Waals surface area contributed by atoms with Crippen LogP contribution in [-0.4, -0.2) is 33.8 Å². The lowest BCUT2D eigenvalue weighted by atomic mass is 9.92. The van der Waals surface area contributed by atoms with Crippen molar-refractivity contribution < 1.29 is 19.4 Å². The predicted molar refractivity (Wildman–Crippen MR) is 138 cm³/mol. The number of unbranched alkanes of at least 4 members (excludes halogenated alkanes) is 2. The number of aliphatic hydroxyl groups is 1. The van der Waals surface area contributed by atoms with Crippen molar-refractivity contribution in [2.75, 3.05) is 13.2 Å². The van der Waals surface area contributed by atoms with Crippen LogP contribution in [0.2, 0.25) is 5.02 Å². The Balaban J connectivity index is 1.81. The maximum Gasteiger partial charge on any atom is 0.312 e. The number of benzene rings is 2. The highest BCUT2D eigenvalue weighted by atomic mass is 35.5. The maximum absolute atomic E-state index is 12.8. The van der Waals surface area contributed by atoms with E-state index in [1.54, 1.807) is 13.1 Å². The summed E-state index contributed by atoms with van der Waals surface area (Å²) in [6, 6.07) is 15.3. The van der Waals surface area contributed by atoms with Crippen LogP contribution in [-0.2, 0) is 22.5 Å². The van der Waals surface area contributed by atoms with E-state index in [9.17, 15) is 9.90 Å². The van der Waals surface area contributed by atoms with Gasteiger partial charge >= 0.3 is 5.97 Å². The van der Waals surface area contributed by atoms with Crippen molar-refractivity contribution in [3.8, 4) is 5.75 Å². The first-order valence-corrected chi connectivity index (χ1v) is 12.6. The average Bonchev–Trinajstić information content (AvgIpc) is 3.22. The first-order valence-electron chi connectivity index (χ1n) is 12.3. The smallest absolute Gasteiger partial charge is 0.312 e. The second-order valence-electron chi connectivity index (χ2n) is 8.62. The summed E-state index contributed by atoms with van der Waals surface area (Å²) in [4.78, 5) is 17.2. The van der Waals surface area contributed by atoms with Gasteiger partial charge in [0.2, 0.25) is 0 Å². The summed E-state index contributed by atoms with van der Waals surface area (Å²) in [6.07, 6.45) is 4.18. The van der Waals surface area contributed by atoms with Gasteiger partial charge in [-0.1, -0.05) is 67.8 Å². The van der Waals surface area contributed by atoms with Crippen molar-refractivity contribution >= 4 is 17.6 Å². The molecule has 35 heavy (non-hydrogen) atoms. The van der Waals surface area contributed by atoms with Gasteiger partial charge in [0.1, 0.15) is 17.7 Å². The van der Waals surface area contributed by atoms with Crippen molar-refractivity contribution in [1.29, 1.82) is 0 Å². The monoisotopic (exact) mass is 498 g/mol. The van der Waals surface area contributed by atoms with Gasteiger partial charge in [-0.05, 0) is 49.9 Å². The molecule has 0 radical (unpaired) electrons. The van der Waals surface area contributed by atoms with Gasteiger partial charge in [-0.25, -0.2) is 4.98 Å². The van der Waals surface area contributed by atoms with E-state index in [2.05, 4.69) is 11.9 Å². The summed E-state index contributed by atoms with van der Waals surface area (Å²) < 4.78 is 13.0. The summed E-state index contributed by atoms with van der Waals surface area (Å²) in [5.41, 5.74) is 2.37. The maximum atomic E-state index is 12.8. The molecule has 0 aliphatic heterocycles. The number of rotatable bonds is 13. The molecular weight excluding hydrogens is 464 g/mol. The van der Waals surface area contributed by atoms with Crippen LogP contribution in [0.1, 0.15) is 61.9 Å². The summed E-state index contributed by atoms with van der Waals surface area (Å²) >= 11 is 6.58. The lowest BCUT2D eigenvalue weighted by Gasteiger charge is -2.23. The van der Waals surface area contributed by atoms with Crippen molar-refractivity contribution in [2.24, 2.45) is 5.92 Å². The summed E-state index contributed by atoms with van der Waals surface area (Å²) in [5, 5.41) is 11.9. The van der Waals surface area contributed by atoms with E-state index < -0.39 is 18.0 Å². The molecule has 2 aromatic carbocycles. The number of halogens is 1. The minimum absolute atomic E-state index is 0.248. The number of ether oxygens (including phenoxy) is 2. The van der Waals surface area contributed by atoms with Crippen LogP contribution >= 0.6 is 11.6 Å². The number of esters is 1. The lowest BCUT2D eigenvalue weighted by Crippen LogP contribution is -2.28. The Morgan fingerprint density at radius 3 is 2.60 bits per heavy atom. The molecule has 0 spiro atoms. The normalized spacial score (nSPS) is 12.8. The number of aliphatic hydroxyl groups excluding tert-OH is 1. The molecule has 3 aromatic rings. The fourth-order valence-electron chi connectivity index (χ4n) is 4.03. The number of aromatic nitrogens is 2. The topological polar surface area (TPSA) is 73.6 Å². The number of hydrogen-bond acceptors (Lipinski definition) is 5. The van der Waals surface area contributed by atoms with Gasteiger partial charge < -0.3 is 19.1 Å². The van der Waals surface area contributed by atoms with E-state index in [-0.39, 0.29) is 6.61 Å². The number of carbonyl (C=O) groups is 1. The summed E-state index contributed by atoms with van der Waals surface area (Å²) in [5.74, 6) is 0.262. The summed E-state index contributed by atoms with van der Waals surface area (Å²) in [6.45, 7) is 7.11. The third kappa shape index (κ3) is 7.33. The zero-order valence-electron chi connectivity index (χ0n) is 20.7. The van der Waals surface area contributed by atoms with Gasteiger partial charge in [0.05, 0.1) is 37.6 Å². The molecule has 0 aliphatic carbocycles. The predicted octanol–water partition coefficient (Wildman–Crippen LogP) is 5.92. The highest BCUT2D eigenvalue weighted by molar-refractivity contribution is 6.31. The van der Waals surface area contributed by atoms with Crippen LogP contribution in [0, 0.1) is 12.8 Å². The molecule has 6 nitrogen and oxygen atoms in total. The molecule has 2 unspecified atom stereocenters. The third-order valence-corrected chi connectivity index (χ3v) is 6.38. The van der Waals surface area contributed by atoms with Gasteiger partial charge in [0, 0.05) is 5.02 Å². The van der Waals surface area contributed by atoms with E-state index in [0.29, 0.717) is 30.3 Å². The molecule has 0 saturated carbocycles. The SMILES string of the molecule is CCCCCOc1ccc(Cn2c(C(O)C(Cc3ccccc3)C(=O)OCC)cnc2C)c(Cl)c1. The Hall–Kier alpha value is -2.83. The molecule has 7 heteroatoms. The molecule has 0 bridgehead atoms. The third-order valence-electron chi connectivity index (χ3n) is 6.03. The quantitative estimate of drug-likeness (QED) is 0.234. The van der Waals surface area contributed by atoms with Gasteiger partial charge in [-0.3, -0.25) is 4.79 Å². The zero-order chi connectivity index (χ0) is 25.2. The van der Waals surface area contributed by atoms with Gasteiger partial charge in [0.25, 0.3) is 0 Å². The van der Waals surface area contributed by atoms with E-state index in [0.717, 1.165) is 42.0 Å². The van der Waals surface area contributed by atoms with E-state index in [1.165, 1.54) is 0 Å². The second-order valence-corrected chi connectivity index (χ2v) is 9.03. The Labute approximate surface area is 212 Å². The Morgan fingerprint density at radius 1 is 1.14 bits per heavy atom. The van der Waals surface area contributed by atoms with E-state index in [1.807, 2.05) is 60.0 Å². The van der Waals surface area contributed by atoms with Crippen LogP contribution in [0.25, 0.3) is 0 Å². The van der Waals surface area contributed by atoms with Crippen LogP contribution in [0.4, 0.5) is 0 Å². The van der Waals surface area contributed by atoms with Crippen molar-refractivity contribution in [3.05, 3.63) is 82.4 Å². The molecule has 0 fully saturated rings. The average molecular weight is 499 g/mol. The standard InChI is InChI=1S/C28H35ClN2O4/c1-4-6-10-15-35-23-14-13-22(25(29)17-23)19-31-20(3)30-18-26(31)27(32)24(28(33)34-5-2)16-21-11-8-7-9-12-21/h7-9,11-14,17-18,24,27,32H,4-6,10,15-16,19H2,1-3H3. The van der Waals surface area contributed by atoms with Crippen LogP contribution in [0.5, 0.6) is 5.75 Å². The van der Waals surface area contributed by atoms with Crippen molar-refractivity contribution in [3.63, 3.8) is 0 Å². The second kappa shape index (κ2) is 13.3. The number of carbonyl (C=O) groups excluding carboxylic acids is 1. The van der Waals surface area contributed by atoms with Crippen molar-refractivity contribution in [2.45, 2.75) is 59.1 Å². The fourth-order valence-corrected chi connectivity index (χ4v) is 4.26. The van der Waals surface area contributed by atoms with Gasteiger partial charge in [-0.15, -0.1) is 0 Å². The highest BCUT2D eigenvalue weighted by Crippen LogP contribution is 2.30. The van der Waals surface area contributed by atoms with Crippen LogP contribution < -0.4 is 4.74 Å². The van der Waals surface area contributed by atoms with E-state index >= 15 is 0 Å². The Morgan fingerprint density at radius 2 is 1.91 bits per heavy atom. The molecule has 188 valence electrons. The highest BCUT2D eigenvalue weighted by Gasteiger charge is 2.32. The molecule has 0 saturated heterocycles. The molecule has 1 aromatic heterocycles. The molecular formula is C28H35ClN2O4. The molecule has 0 aliphatic rings. The molecule has 3 rings (SSSR count). The Kier molecular flexibility index (Phi) is 10.2. The van der Waals surface area contributed by atoms with Crippen LogP contribution in [0.15, 0.2) is 54.7 Å². The van der Waals surface area contributed by atoms with E-state index in [4.69, 9.17) is 21.1 Å². The zero-order valence-corrected chi connectivity index (χ0v) is 21.5. The minimum atomic E-state index is -1.09. The number of imidazole rings is 1. The Bertz CT molecular complexity index is 1080. The van der Waals surface area contributed by atoms with Crippen LogP contribution in [0.3, 0.4) is 0 Å². The minimum Gasteiger partial charge on any atom is -0.494 e. The van der Waals surface area contributed by atoms with Crippen molar-refractivity contribution in [1.82, 2.24) is 9.55 Å². The van der Waals surface area contributed by atoms with Gasteiger partial charge in [-0.2, -0.15) is 0 Å². The lowest BCUT2D eigenvalue weighted by molar-refractivity contribution is -0.152. The molecule has 2 atom stereocenters. The largest absolute Gasteiger partial charge is 0.494 e. The fraction of sp³-hybridized carbons (Fsp3) is 0.429. The number of nitrogens with zero attached hydrogens (tertiary/aromatic N) is 2. The molecule has 1 N–H and O–H groups in total.